The van der Waals surface area contributed by atoms with Crippen molar-refractivity contribution in [3.05, 3.63) is 28.3 Å². The number of thioether (sulfide) groups is 1. The molecule has 2 N–H and O–H groups in total. The molecule has 0 aliphatic carbocycles. The molecule has 0 aromatic heterocycles. The van der Waals surface area contributed by atoms with E-state index in [0.29, 0.717) is 6.42 Å². The first kappa shape index (κ1) is 17.7. The molecule has 9 heteroatoms. The Morgan fingerprint density at radius 3 is 2.62 bits per heavy atom. The van der Waals surface area contributed by atoms with Crippen molar-refractivity contribution in [2.75, 3.05) is 24.8 Å². The number of nitrogens with two attached hydrogens (primary N) is 1. The van der Waals surface area contributed by atoms with Crippen molar-refractivity contribution in [3.8, 4) is 0 Å². The Hall–Kier alpha value is -1.32. The van der Waals surface area contributed by atoms with Gasteiger partial charge in [0.25, 0.3) is 5.69 Å². The van der Waals surface area contributed by atoms with Crippen LogP contribution in [0.25, 0.3) is 0 Å². The first-order valence-corrected chi connectivity index (χ1v) is 9.06. The fourth-order valence-electron chi connectivity index (χ4n) is 1.75. The van der Waals surface area contributed by atoms with Gasteiger partial charge in [0, 0.05) is 24.8 Å². The molecule has 0 fully saturated rings. The van der Waals surface area contributed by atoms with Gasteiger partial charge in [-0.15, -0.1) is 0 Å². The van der Waals surface area contributed by atoms with E-state index in [2.05, 4.69) is 0 Å². The molecule has 0 heterocycles. The number of benzene rings is 1. The predicted molar refractivity (Wildman–Crippen MR) is 84.9 cm³/mol. The van der Waals surface area contributed by atoms with Gasteiger partial charge in [-0.1, -0.05) is 0 Å². The van der Waals surface area contributed by atoms with Gasteiger partial charge < -0.3 is 5.73 Å². The molecule has 1 rings (SSSR count). The van der Waals surface area contributed by atoms with E-state index < -0.39 is 20.6 Å². The van der Waals surface area contributed by atoms with Crippen LogP contribution in [0.3, 0.4) is 0 Å². The zero-order valence-corrected chi connectivity index (χ0v) is 13.8. The third kappa shape index (κ3) is 4.08. The molecule has 0 aliphatic rings. The van der Waals surface area contributed by atoms with Crippen molar-refractivity contribution in [1.29, 1.82) is 0 Å². The number of nitro groups is 1. The lowest BCUT2D eigenvalue weighted by Crippen LogP contribution is -2.35. The van der Waals surface area contributed by atoms with Crippen LogP contribution in [0, 0.1) is 10.1 Å². The predicted octanol–water partition coefficient (Wildman–Crippen LogP) is 1.94. The van der Waals surface area contributed by atoms with Crippen molar-refractivity contribution in [2.24, 2.45) is 0 Å². The quantitative estimate of drug-likeness (QED) is 0.464. The fourth-order valence-corrected chi connectivity index (χ4v) is 3.91. The average molecular weight is 333 g/mol. The summed E-state index contributed by atoms with van der Waals surface area (Å²) in [5.41, 5.74) is 5.28. The largest absolute Gasteiger partial charge is 0.399 e. The Morgan fingerprint density at radius 2 is 2.10 bits per heavy atom. The van der Waals surface area contributed by atoms with E-state index in [4.69, 9.17) is 5.73 Å². The van der Waals surface area contributed by atoms with E-state index >= 15 is 0 Å². The monoisotopic (exact) mass is 333 g/mol. The molecule has 21 heavy (non-hydrogen) atoms. The number of nitrogen functional groups attached to an aromatic ring is 1. The number of sulfonamides is 1. The minimum atomic E-state index is -3.96. The van der Waals surface area contributed by atoms with Crippen LogP contribution in [0.1, 0.15) is 13.3 Å². The fraction of sp³-hybridized carbons (Fsp3) is 0.500. The van der Waals surface area contributed by atoms with E-state index in [1.165, 1.54) is 13.1 Å². The lowest BCUT2D eigenvalue weighted by atomic mass is 10.3. The summed E-state index contributed by atoms with van der Waals surface area (Å²) in [7, 11) is -2.54. The van der Waals surface area contributed by atoms with Crippen molar-refractivity contribution in [2.45, 2.75) is 24.3 Å². The van der Waals surface area contributed by atoms with Crippen molar-refractivity contribution in [3.63, 3.8) is 0 Å². The summed E-state index contributed by atoms with van der Waals surface area (Å²) < 4.78 is 26.3. The molecule has 0 saturated carbocycles. The number of nitro benzene ring substituents is 1. The summed E-state index contributed by atoms with van der Waals surface area (Å²) in [4.78, 5) is 9.94. The van der Waals surface area contributed by atoms with Crippen LogP contribution < -0.4 is 5.73 Å². The summed E-state index contributed by atoms with van der Waals surface area (Å²) in [6.45, 7) is 1.77. The van der Waals surface area contributed by atoms with E-state index in [1.807, 2.05) is 6.26 Å². The summed E-state index contributed by atoms with van der Waals surface area (Å²) in [6, 6.07) is 3.30. The molecule has 0 amide bonds. The molecule has 7 nitrogen and oxygen atoms in total. The van der Waals surface area contributed by atoms with Crippen molar-refractivity contribution >= 4 is 33.2 Å². The van der Waals surface area contributed by atoms with Gasteiger partial charge in [-0.25, -0.2) is 8.42 Å². The number of rotatable bonds is 7. The molecule has 1 aromatic carbocycles. The van der Waals surface area contributed by atoms with E-state index in [1.54, 1.807) is 18.7 Å². The van der Waals surface area contributed by atoms with Crippen LogP contribution in [0.4, 0.5) is 11.4 Å². The maximum absolute atomic E-state index is 12.6. The zero-order valence-electron chi connectivity index (χ0n) is 12.1. The van der Waals surface area contributed by atoms with Crippen molar-refractivity contribution < 1.29 is 13.3 Å². The molecule has 0 spiro atoms. The molecular weight excluding hydrogens is 314 g/mol. The van der Waals surface area contributed by atoms with Gasteiger partial charge in [0.05, 0.1) is 4.92 Å². The molecule has 1 atom stereocenters. The Kier molecular flexibility index (Phi) is 5.99. The van der Waals surface area contributed by atoms with Crippen LogP contribution in [0.15, 0.2) is 23.1 Å². The SMILES string of the molecule is CSCCC(C)N(C)S(=O)(=O)c1cc(N)ccc1[N+](=O)[O-]. The molecule has 0 aliphatic heterocycles. The number of anilines is 1. The topological polar surface area (TPSA) is 107 Å². The summed E-state index contributed by atoms with van der Waals surface area (Å²) in [5.74, 6) is 0.806. The number of nitrogens with zero attached hydrogens (tertiary/aromatic N) is 2. The maximum Gasteiger partial charge on any atom is 0.289 e. The Morgan fingerprint density at radius 1 is 1.48 bits per heavy atom. The lowest BCUT2D eigenvalue weighted by Gasteiger charge is -2.24. The van der Waals surface area contributed by atoms with Gasteiger partial charge in [-0.2, -0.15) is 16.1 Å². The number of hydrogen-bond donors (Lipinski definition) is 1. The van der Waals surface area contributed by atoms with E-state index in [9.17, 15) is 18.5 Å². The van der Waals surface area contributed by atoms with E-state index in [-0.39, 0.29) is 16.6 Å². The normalized spacial score (nSPS) is 13.3. The highest BCUT2D eigenvalue weighted by molar-refractivity contribution is 7.98. The molecule has 1 aromatic rings. The summed E-state index contributed by atoms with van der Waals surface area (Å²) in [6.07, 6.45) is 2.59. The highest BCUT2D eigenvalue weighted by Gasteiger charge is 2.32. The summed E-state index contributed by atoms with van der Waals surface area (Å²) >= 11 is 1.61. The third-order valence-electron chi connectivity index (χ3n) is 3.20. The summed E-state index contributed by atoms with van der Waals surface area (Å²) in [5, 5.41) is 11.0. The first-order valence-electron chi connectivity index (χ1n) is 6.22. The first-order chi connectivity index (χ1) is 9.71. The lowest BCUT2D eigenvalue weighted by molar-refractivity contribution is -0.387. The number of hydrogen-bond acceptors (Lipinski definition) is 6. The zero-order chi connectivity index (χ0) is 16.2. The van der Waals surface area contributed by atoms with Crippen LogP contribution in [-0.4, -0.2) is 42.7 Å². The second-order valence-electron chi connectivity index (χ2n) is 4.64. The van der Waals surface area contributed by atoms with Gasteiger partial charge in [0.1, 0.15) is 0 Å². The third-order valence-corrected chi connectivity index (χ3v) is 5.84. The molecule has 118 valence electrons. The highest BCUT2D eigenvalue weighted by Crippen LogP contribution is 2.29. The second kappa shape index (κ2) is 7.10. The Labute approximate surface area is 128 Å². The van der Waals surface area contributed by atoms with Crippen LogP contribution in [0.5, 0.6) is 0 Å². The van der Waals surface area contributed by atoms with Crippen molar-refractivity contribution in [1.82, 2.24) is 4.31 Å². The molecule has 0 radical (unpaired) electrons. The van der Waals surface area contributed by atoms with E-state index in [0.717, 1.165) is 22.2 Å². The highest BCUT2D eigenvalue weighted by atomic mass is 32.2. The van der Waals surface area contributed by atoms with Gasteiger partial charge in [-0.3, -0.25) is 10.1 Å². The van der Waals surface area contributed by atoms with Gasteiger partial charge in [0.2, 0.25) is 10.0 Å². The molecule has 0 bridgehead atoms. The van der Waals surface area contributed by atoms with Crippen LogP contribution in [-0.2, 0) is 10.0 Å². The van der Waals surface area contributed by atoms with Gasteiger partial charge in [-0.05, 0) is 37.5 Å². The molecule has 1 unspecified atom stereocenters. The van der Waals surface area contributed by atoms with Crippen LogP contribution >= 0.6 is 11.8 Å². The minimum absolute atomic E-state index is 0.171. The van der Waals surface area contributed by atoms with Gasteiger partial charge >= 0.3 is 0 Å². The smallest absolute Gasteiger partial charge is 0.289 e. The standard InChI is InChI=1S/C12H19N3O4S2/c1-9(6-7-20-3)14(2)21(18,19)12-8-10(13)4-5-11(12)15(16)17/h4-5,8-9H,6-7,13H2,1-3H3. The molecule has 0 saturated heterocycles. The van der Waals surface area contributed by atoms with Crippen LogP contribution in [0.2, 0.25) is 0 Å². The minimum Gasteiger partial charge on any atom is -0.399 e. The Bertz CT molecular complexity index is 619. The Balaban J connectivity index is 3.24. The second-order valence-corrected chi connectivity index (χ2v) is 7.59. The van der Waals surface area contributed by atoms with Gasteiger partial charge in [0.15, 0.2) is 4.90 Å². The molecular formula is C12H19N3O4S2. The maximum atomic E-state index is 12.6. The average Bonchev–Trinajstić information content (AvgIpc) is 2.43.